The van der Waals surface area contributed by atoms with Crippen LogP contribution in [-0.2, 0) is 16.1 Å². The van der Waals surface area contributed by atoms with Gasteiger partial charge < -0.3 is 20.1 Å². The first-order valence-corrected chi connectivity index (χ1v) is 9.68. The van der Waals surface area contributed by atoms with Gasteiger partial charge in [0.2, 0.25) is 5.79 Å². The van der Waals surface area contributed by atoms with Crippen LogP contribution in [0, 0.1) is 0 Å². The van der Waals surface area contributed by atoms with Crippen molar-refractivity contribution in [2.24, 2.45) is 0 Å². The molecule has 1 saturated heterocycles. The molecular weight excluding hydrogens is 340 g/mol. The van der Waals surface area contributed by atoms with E-state index in [1.54, 1.807) is 6.08 Å². The fourth-order valence-corrected chi connectivity index (χ4v) is 3.79. The molecule has 2 N–H and O–H groups in total. The van der Waals surface area contributed by atoms with Crippen molar-refractivity contribution in [3.05, 3.63) is 47.7 Å². The van der Waals surface area contributed by atoms with E-state index in [0.29, 0.717) is 6.61 Å². The molecule has 0 amide bonds. The molecule has 1 aromatic rings. The van der Waals surface area contributed by atoms with E-state index in [1.807, 2.05) is 25.4 Å². The molecule has 2 aliphatic heterocycles. The minimum Gasteiger partial charge on any atom is -0.462 e. The van der Waals surface area contributed by atoms with E-state index in [4.69, 9.17) is 9.47 Å². The predicted molar refractivity (Wildman–Crippen MR) is 107 cm³/mol. The molecule has 1 unspecified atom stereocenters. The maximum Gasteiger partial charge on any atom is 0.212 e. The van der Waals surface area contributed by atoms with Crippen molar-refractivity contribution in [1.82, 2.24) is 10.6 Å². The summed E-state index contributed by atoms with van der Waals surface area (Å²) in [5, 5.41) is 6.63. The molecule has 1 fully saturated rings. The average molecular weight is 370 g/mol. The van der Waals surface area contributed by atoms with Crippen molar-refractivity contribution in [2.75, 3.05) is 13.6 Å². The average Bonchev–Trinajstić information content (AvgIpc) is 2.63. The highest BCUT2D eigenvalue weighted by atomic mass is 16.7. The number of benzene rings is 1. The number of hydrogen-bond acceptors (Lipinski definition) is 5. The molecule has 0 aromatic heterocycles. The number of carbonyl (C=O) groups excluding carboxylic acids is 1. The molecule has 5 heteroatoms. The van der Waals surface area contributed by atoms with Gasteiger partial charge in [-0.1, -0.05) is 6.07 Å². The highest BCUT2D eigenvalue weighted by Gasteiger charge is 2.39. The lowest BCUT2D eigenvalue weighted by Gasteiger charge is -2.42. The fraction of sp³-hybridized carbons (Fsp3) is 0.500. The van der Waals surface area contributed by atoms with E-state index in [-0.39, 0.29) is 5.54 Å². The second kappa shape index (κ2) is 8.28. The van der Waals surface area contributed by atoms with Crippen LogP contribution in [0.3, 0.4) is 0 Å². The second-order valence-corrected chi connectivity index (χ2v) is 7.92. The van der Waals surface area contributed by atoms with Crippen LogP contribution in [-0.4, -0.2) is 31.2 Å². The first-order valence-electron chi connectivity index (χ1n) is 9.68. The molecule has 2 aliphatic rings. The molecule has 0 aliphatic carbocycles. The summed E-state index contributed by atoms with van der Waals surface area (Å²) in [6.07, 6.45) is 9.86. The van der Waals surface area contributed by atoms with Crippen LogP contribution >= 0.6 is 0 Å². The van der Waals surface area contributed by atoms with Crippen molar-refractivity contribution < 1.29 is 14.3 Å². The maximum atomic E-state index is 10.7. The SMILES string of the molecule is CN/C=C(\C=C/C=O)c1ccc2c(c1)COC1(CCCC(C)(C)NCC1)O2. The Balaban J connectivity index is 1.78. The number of hydrogen-bond donors (Lipinski definition) is 2. The summed E-state index contributed by atoms with van der Waals surface area (Å²) in [4.78, 5) is 10.7. The summed E-state index contributed by atoms with van der Waals surface area (Å²) in [5.74, 6) is 0.368. The lowest BCUT2D eigenvalue weighted by molar-refractivity contribution is -0.216. The Kier molecular flexibility index (Phi) is 6.02. The van der Waals surface area contributed by atoms with Crippen molar-refractivity contribution in [1.29, 1.82) is 0 Å². The zero-order valence-electron chi connectivity index (χ0n) is 16.5. The number of ether oxygens (including phenoxy) is 2. The van der Waals surface area contributed by atoms with Crippen LogP contribution in [0.5, 0.6) is 5.75 Å². The zero-order valence-corrected chi connectivity index (χ0v) is 16.5. The van der Waals surface area contributed by atoms with Gasteiger partial charge in [0.25, 0.3) is 0 Å². The largest absolute Gasteiger partial charge is 0.462 e. The Morgan fingerprint density at radius 2 is 2.11 bits per heavy atom. The third kappa shape index (κ3) is 4.79. The van der Waals surface area contributed by atoms with Gasteiger partial charge in [-0.15, -0.1) is 0 Å². The first kappa shape index (κ1) is 19.6. The Labute approximate surface area is 161 Å². The third-order valence-electron chi connectivity index (χ3n) is 5.30. The smallest absolute Gasteiger partial charge is 0.212 e. The van der Waals surface area contributed by atoms with E-state index in [2.05, 4.69) is 30.5 Å². The first-order chi connectivity index (χ1) is 13.0. The van der Waals surface area contributed by atoms with Crippen LogP contribution in [0.15, 0.2) is 36.6 Å². The topological polar surface area (TPSA) is 59.6 Å². The molecule has 1 atom stereocenters. The van der Waals surface area contributed by atoms with Gasteiger partial charge in [-0.05, 0) is 62.1 Å². The van der Waals surface area contributed by atoms with Crippen molar-refractivity contribution in [3.63, 3.8) is 0 Å². The quantitative estimate of drug-likeness (QED) is 0.482. The van der Waals surface area contributed by atoms with Gasteiger partial charge in [0.15, 0.2) is 0 Å². The molecule has 0 bridgehead atoms. The van der Waals surface area contributed by atoms with Crippen molar-refractivity contribution in [2.45, 2.75) is 57.5 Å². The van der Waals surface area contributed by atoms with Gasteiger partial charge >= 0.3 is 0 Å². The van der Waals surface area contributed by atoms with Gasteiger partial charge in [0.05, 0.1) is 6.61 Å². The van der Waals surface area contributed by atoms with E-state index in [0.717, 1.165) is 61.0 Å². The van der Waals surface area contributed by atoms with E-state index in [9.17, 15) is 4.79 Å². The number of allylic oxidation sites excluding steroid dienone is 3. The zero-order chi connectivity index (χ0) is 19.3. The van der Waals surface area contributed by atoms with E-state index in [1.165, 1.54) is 6.08 Å². The molecular formula is C22H30N2O3. The Bertz CT molecular complexity index is 725. The molecule has 27 heavy (non-hydrogen) atoms. The van der Waals surface area contributed by atoms with Gasteiger partial charge in [-0.25, -0.2) is 0 Å². The Hall–Kier alpha value is -2.11. The fourth-order valence-electron chi connectivity index (χ4n) is 3.79. The van der Waals surface area contributed by atoms with Crippen LogP contribution in [0.25, 0.3) is 5.57 Å². The minimum atomic E-state index is -0.529. The van der Waals surface area contributed by atoms with E-state index < -0.39 is 5.79 Å². The van der Waals surface area contributed by atoms with E-state index >= 15 is 0 Å². The molecule has 0 saturated carbocycles. The summed E-state index contributed by atoms with van der Waals surface area (Å²) in [5.41, 5.74) is 3.17. The third-order valence-corrected chi connectivity index (χ3v) is 5.30. The highest BCUT2D eigenvalue weighted by molar-refractivity contribution is 5.79. The Morgan fingerprint density at radius 3 is 2.89 bits per heavy atom. The van der Waals surface area contributed by atoms with Crippen LogP contribution in [0.4, 0.5) is 0 Å². The summed E-state index contributed by atoms with van der Waals surface area (Å²) in [7, 11) is 1.84. The summed E-state index contributed by atoms with van der Waals surface area (Å²) < 4.78 is 12.6. The van der Waals surface area contributed by atoms with Gasteiger partial charge in [0.1, 0.15) is 12.0 Å². The molecule has 2 heterocycles. The summed E-state index contributed by atoms with van der Waals surface area (Å²) >= 11 is 0. The predicted octanol–water partition coefficient (Wildman–Crippen LogP) is 3.55. The van der Waals surface area contributed by atoms with Gasteiger partial charge in [-0.3, -0.25) is 4.79 Å². The number of aldehydes is 1. The highest BCUT2D eigenvalue weighted by Crippen LogP contribution is 2.38. The number of carbonyl (C=O) groups is 1. The number of rotatable bonds is 4. The summed E-state index contributed by atoms with van der Waals surface area (Å²) in [6, 6.07) is 6.12. The lowest BCUT2D eigenvalue weighted by atomic mass is 9.91. The molecule has 0 radical (unpaired) electrons. The summed E-state index contributed by atoms with van der Waals surface area (Å²) in [6.45, 7) is 5.92. The minimum absolute atomic E-state index is 0.175. The maximum absolute atomic E-state index is 10.7. The number of nitrogens with one attached hydrogen (secondary N) is 2. The molecule has 1 spiro atoms. The van der Waals surface area contributed by atoms with Crippen LogP contribution in [0.1, 0.15) is 50.7 Å². The van der Waals surface area contributed by atoms with Crippen molar-refractivity contribution >= 4 is 11.9 Å². The van der Waals surface area contributed by atoms with Gasteiger partial charge in [0, 0.05) is 43.7 Å². The molecule has 3 rings (SSSR count). The number of fused-ring (bicyclic) bond motifs is 1. The van der Waals surface area contributed by atoms with Crippen molar-refractivity contribution in [3.8, 4) is 5.75 Å². The normalized spacial score (nSPS) is 25.4. The second-order valence-electron chi connectivity index (χ2n) is 7.92. The van der Waals surface area contributed by atoms with Gasteiger partial charge in [-0.2, -0.15) is 0 Å². The molecule has 1 aromatic carbocycles. The molecule has 146 valence electrons. The lowest BCUT2D eigenvalue weighted by Crippen LogP contribution is -2.50. The van der Waals surface area contributed by atoms with Crippen LogP contribution in [0.2, 0.25) is 0 Å². The molecule has 5 nitrogen and oxygen atoms in total. The Morgan fingerprint density at radius 1 is 1.26 bits per heavy atom. The van der Waals surface area contributed by atoms with Crippen LogP contribution < -0.4 is 15.4 Å². The standard InChI is InChI=1S/C22H30N2O3/c1-21(2)9-5-10-22(11-12-24-21)26-16-19-14-17(7-8-20(19)27-22)18(15-23-3)6-4-13-25/h4,6-8,13-15,23-24H,5,9-12,16H2,1-3H3/b6-4-,18-15+. The monoisotopic (exact) mass is 370 g/mol.